The van der Waals surface area contributed by atoms with Gasteiger partial charge in [0.15, 0.2) is 6.10 Å². The summed E-state index contributed by atoms with van der Waals surface area (Å²) in [5.41, 5.74) is 10.3. The number of rotatable bonds is 8. The van der Waals surface area contributed by atoms with Crippen LogP contribution in [0.2, 0.25) is 0 Å². The fraction of sp³-hybridized carbons (Fsp3) is 0.750. The van der Waals surface area contributed by atoms with Gasteiger partial charge >= 0.3 is 6.09 Å². The molecule has 9 nitrogen and oxygen atoms in total. The third-order valence-corrected chi connectivity index (χ3v) is 4.91. The number of hydrogen-bond acceptors (Lipinski definition) is 5. The Morgan fingerprint density at radius 1 is 1.36 bits per heavy atom. The van der Waals surface area contributed by atoms with Gasteiger partial charge in [-0.05, 0) is 43.9 Å². The molecule has 1 saturated heterocycles. The number of primary amides is 2. The summed E-state index contributed by atoms with van der Waals surface area (Å²) in [6, 6.07) is -1.01. The molecule has 140 valence electrons. The van der Waals surface area contributed by atoms with E-state index in [4.69, 9.17) is 16.2 Å². The maximum absolute atomic E-state index is 12.5. The predicted octanol–water partition coefficient (Wildman–Crippen LogP) is -0.473. The van der Waals surface area contributed by atoms with Crippen LogP contribution in [0.25, 0.3) is 0 Å². The van der Waals surface area contributed by atoms with Gasteiger partial charge < -0.3 is 26.8 Å². The van der Waals surface area contributed by atoms with E-state index < -0.39 is 30.1 Å². The first-order valence-corrected chi connectivity index (χ1v) is 8.54. The second-order valence-corrected chi connectivity index (χ2v) is 7.27. The minimum atomic E-state index is -1.08. The zero-order chi connectivity index (χ0) is 18.6. The van der Waals surface area contributed by atoms with E-state index in [1.165, 1.54) is 0 Å². The maximum atomic E-state index is 12.5. The van der Waals surface area contributed by atoms with Gasteiger partial charge in [0.25, 0.3) is 5.91 Å². The molecule has 0 bridgehead atoms. The first-order valence-electron chi connectivity index (χ1n) is 8.54. The molecule has 25 heavy (non-hydrogen) atoms. The number of piperidine rings is 1. The van der Waals surface area contributed by atoms with Gasteiger partial charge in [-0.25, -0.2) is 4.79 Å². The Morgan fingerprint density at radius 2 is 2.04 bits per heavy atom. The van der Waals surface area contributed by atoms with Crippen LogP contribution < -0.4 is 22.1 Å². The van der Waals surface area contributed by atoms with E-state index in [0.29, 0.717) is 19.4 Å². The Bertz CT molecular complexity index is 561. The number of nitrogens with one attached hydrogen (secondary N) is 2. The highest BCUT2D eigenvalue weighted by molar-refractivity contribution is 5.90. The van der Waals surface area contributed by atoms with Gasteiger partial charge in [-0.15, -0.1) is 0 Å². The average molecular weight is 354 g/mol. The molecule has 3 unspecified atom stereocenters. The average Bonchev–Trinajstić information content (AvgIpc) is 3.24. The van der Waals surface area contributed by atoms with Crippen molar-refractivity contribution in [1.29, 1.82) is 0 Å². The molecule has 2 fully saturated rings. The number of carbonyl (C=O) groups is 4. The van der Waals surface area contributed by atoms with E-state index >= 15 is 0 Å². The minimum Gasteiger partial charge on any atom is -0.436 e. The van der Waals surface area contributed by atoms with E-state index in [-0.39, 0.29) is 23.7 Å². The third kappa shape index (κ3) is 5.61. The SMILES string of the molecule is CC1(CC(OC(N)=O)C(=O)NC(CC2CCCNC2=O)C(N)=O)CC1. The first-order chi connectivity index (χ1) is 11.7. The van der Waals surface area contributed by atoms with E-state index in [1.54, 1.807) is 0 Å². The molecule has 0 radical (unpaired) electrons. The molecule has 2 rings (SSSR count). The van der Waals surface area contributed by atoms with Gasteiger partial charge in [0.1, 0.15) is 6.04 Å². The molecule has 0 aromatic carbocycles. The highest BCUT2D eigenvalue weighted by atomic mass is 16.6. The van der Waals surface area contributed by atoms with Crippen molar-refractivity contribution in [2.45, 2.75) is 57.6 Å². The van der Waals surface area contributed by atoms with Gasteiger partial charge in [-0.1, -0.05) is 6.92 Å². The summed E-state index contributed by atoms with van der Waals surface area (Å²) in [5, 5.41) is 5.24. The Balaban J connectivity index is 1.99. The van der Waals surface area contributed by atoms with Crippen molar-refractivity contribution < 1.29 is 23.9 Å². The molecule has 4 amide bonds. The van der Waals surface area contributed by atoms with Crippen LogP contribution in [0.1, 0.15) is 45.4 Å². The maximum Gasteiger partial charge on any atom is 0.405 e. The summed E-state index contributed by atoms with van der Waals surface area (Å²) in [4.78, 5) is 47.1. The van der Waals surface area contributed by atoms with Crippen molar-refractivity contribution in [2.75, 3.05) is 6.54 Å². The second-order valence-electron chi connectivity index (χ2n) is 7.27. The van der Waals surface area contributed by atoms with Crippen molar-refractivity contribution in [3.8, 4) is 0 Å². The van der Waals surface area contributed by atoms with E-state index in [1.807, 2.05) is 6.92 Å². The molecule has 1 heterocycles. The number of amides is 4. The quantitative estimate of drug-likeness (QED) is 0.464. The minimum absolute atomic E-state index is 0.0665. The molecule has 3 atom stereocenters. The van der Waals surface area contributed by atoms with Crippen molar-refractivity contribution >= 4 is 23.8 Å². The van der Waals surface area contributed by atoms with E-state index in [9.17, 15) is 19.2 Å². The van der Waals surface area contributed by atoms with Crippen LogP contribution in [0.3, 0.4) is 0 Å². The Hall–Kier alpha value is -2.32. The van der Waals surface area contributed by atoms with Crippen molar-refractivity contribution in [2.24, 2.45) is 22.8 Å². The number of hydrogen-bond donors (Lipinski definition) is 4. The molecule has 0 aromatic heterocycles. The second kappa shape index (κ2) is 7.71. The zero-order valence-electron chi connectivity index (χ0n) is 14.4. The van der Waals surface area contributed by atoms with Gasteiger partial charge in [0.05, 0.1) is 0 Å². The zero-order valence-corrected chi connectivity index (χ0v) is 14.4. The van der Waals surface area contributed by atoms with Crippen LogP contribution in [-0.4, -0.2) is 42.5 Å². The predicted molar refractivity (Wildman–Crippen MR) is 87.9 cm³/mol. The van der Waals surface area contributed by atoms with Gasteiger partial charge in [0.2, 0.25) is 11.8 Å². The molecule has 0 aromatic rings. The van der Waals surface area contributed by atoms with Crippen molar-refractivity contribution in [3.63, 3.8) is 0 Å². The van der Waals surface area contributed by atoms with Gasteiger partial charge in [-0.3, -0.25) is 14.4 Å². The van der Waals surface area contributed by atoms with Gasteiger partial charge in [-0.2, -0.15) is 0 Å². The summed E-state index contributed by atoms with van der Waals surface area (Å²) in [5.74, 6) is -1.89. The smallest absolute Gasteiger partial charge is 0.405 e. The molecule has 1 aliphatic heterocycles. The molecule has 2 aliphatic rings. The fourth-order valence-electron chi connectivity index (χ4n) is 3.05. The monoisotopic (exact) mass is 354 g/mol. The summed E-state index contributed by atoms with van der Waals surface area (Å²) >= 11 is 0. The number of carbonyl (C=O) groups excluding carboxylic acids is 4. The number of ether oxygens (including phenoxy) is 1. The van der Waals surface area contributed by atoms with E-state index in [0.717, 1.165) is 19.3 Å². The lowest BCUT2D eigenvalue weighted by Gasteiger charge is -2.27. The topological polar surface area (TPSA) is 154 Å². The van der Waals surface area contributed by atoms with Crippen LogP contribution in [0, 0.1) is 11.3 Å². The summed E-state index contributed by atoms with van der Waals surface area (Å²) < 4.78 is 4.92. The normalized spacial score (nSPS) is 23.7. The fourth-order valence-corrected chi connectivity index (χ4v) is 3.05. The van der Waals surface area contributed by atoms with Crippen molar-refractivity contribution in [1.82, 2.24) is 10.6 Å². The Labute approximate surface area is 146 Å². The molecule has 9 heteroatoms. The van der Waals surface area contributed by atoms with Gasteiger partial charge in [0, 0.05) is 12.5 Å². The Morgan fingerprint density at radius 3 is 2.56 bits per heavy atom. The molecular weight excluding hydrogens is 328 g/mol. The highest BCUT2D eigenvalue weighted by Crippen LogP contribution is 2.49. The van der Waals surface area contributed by atoms with Crippen LogP contribution in [0.5, 0.6) is 0 Å². The lowest BCUT2D eigenvalue weighted by molar-refractivity contribution is -0.135. The summed E-state index contributed by atoms with van der Waals surface area (Å²) in [7, 11) is 0. The highest BCUT2D eigenvalue weighted by Gasteiger charge is 2.43. The molecule has 6 N–H and O–H groups in total. The molecule has 0 spiro atoms. The molecule has 1 saturated carbocycles. The van der Waals surface area contributed by atoms with Crippen molar-refractivity contribution in [3.05, 3.63) is 0 Å². The largest absolute Gasteiger partial charge is 0.436 e. The summed E-state index contributed by atoms with van der Waals surface area (Å²) in [6.45, 7) is 2.59. The van der Waals surface area contributed by atoms with E-state index in [2.05, 4.69) is 10.6 Å². The third-order valence-electron chi connectivity index (χ3n) is 4.91. The molecule has 1 aliphatic carbocycles. The van der Waals surface area contributed by atoms with Crippen LogP contribution in [0.4, 0.5) is 4.79 Å². The Kier molecular flexibility index (Phi) is 5.86. The summed E-state index contributed by atoms with van der Waals surface area (Å²) in [6.07, 6.45) is 1.62. The first kappa shape index (κ1) is 19.0. The standard InChI is InChI=1S/C16H26N4O5/c1-16(4-5-16)8-11(25-15(18)24)14(23)20-10(12(17)21)7-9-3-2-6-19-13(9)22/h9-11H,2-8H2,1H3,(H2,17,21)(H2,18,24)(H,19,22)(H,20,23). The van der Waals surface area contributed by atoms with Crippen LogP contribution in [0.15, 0.2) is 0 Å². The lowest BCUT2D eigenvalue weighted by atomic mass is 9.91. The molecular formula is C16H26N4O5. The number of nitrogens with two attached hydrogens (primary N) is 2. The lowest BCUT2D eigenvalue weighted by Crippen LogP contribution is -2.51. The van der Waals surface area contributed by atoms with Crippen LogP contribution >= 0.6 is 0 Å². The van der Waals surface area contributed by atoms with Crippen LogP contribution in [-0.2, 0) is 19.1 Å².